The highest BCUT2D eigenvalue weighted by atomic mass is 19.1. The molecule has 1 N–H and O–H groups in total. The Labute approximate surface area is 215 Å². The van der Waals surface area contributed by atoms with Crippen LogP contribution in [0.25, 0.3) is 16.9 Å². The molecule has 1 aromatic carbocycles. The summed E-state index contributed by atoms with van der Waals surface area (Å²) in [6.45, 7) is 11.7. The number of rotatable bonds is 3. The summed E-state index contributed by atoms with van der Waals surface area (Å²) in [5, 5.41) is 11.2. The summed E-state index contributed by atoms with van der Waals surface area (Å²) >= 11 is 0. The highest BCUT2D eigenvalue weighted by Crippen LogP contribution is 2.30. The van der Waals surface area contributed by atoms with Crippen LogP contribution in [0.1, 0.15) is 50.7 Å². The number of hydrogen-bond donors (Lipinski definition) is 1. The SMILES string of the molecule is CC(C)(C)c1cc(-c2ccc(F)cc2)nn2cc(C=O)nc12.CN1CCN(c2ccn[nH]2)C(=O)C1(C)C. The van der Waals surface area contributed by atoms with Crippen LogP contribution in [-0.2, 0) is 10.2 Å². The number of aldehydes is 1. The first kappa shape index (κ1) is 26.2. The molecule has 1 saturated heterocycles. The van der Waals surface area contributed by atoms with Crippen molar-refractivity contribution in [2.45, 2.75) is 45.6 Å². The number of likely N-dealkylation sites (N-methyl/N-ethyl adjacent to an activating group) is 1. The molecule has 9 nitrogen and oxygen atoms in total. The summed E-state index contributed by atoms with van der Waals surface area (Å²) in [6.07, 6.45) is 3.97. The Bertz CT molecular complexity index is 1400. The Morgan fingerprint density at radius 1 is 1.11 bits per heavy atom. The largest absolute Gasteiger partial charge is 0.296 e. The molecule has 0 bridgehead atoms. The number of anilines is 1. The summed E-state index contributed by atoms with van der Waals surface area (Å²) in [5.41, 5.74) is 2.92. The van der Waals surface area contributed by atoms with E-state index in [0.29, 0.717) is 29.9 Å². The van der Waals surface area contributed by atoms with Gasteiger partial charge >= 0.3 is 0 Å². The van der Waals surface area contributed by atoms with Gasteiger partial charge in [0.1, 0.15) is 17.3 Å². The van der Waals surface area contributed by atoms with E-state index in [1.54, 1.807) is 33.9 Å². The number of nitrogens with one attached hydrogen (secondary N) is 1. The molecule has 1 aliphatic heterocycles. The molecular formula is C27H32FN7O2. The number of halogens is 1. The first-order chi connectivity index (χ1) is 17.4. The average Bonchev–Trinajstić information content (AvgIpc) is 3.52. The molecule has 1 aliphatic rings. The van der Waals surface area contributed by atoms with E-state index in [-0.39, 0.29) is 17.1 Å². The van der Waals surface area contributed by atoms with Gasteiger partial charge in [0, 0.05) is 30.3 Å². The fourth-order valence-electron chi connectivity index (χ4n) is 4.12. The molecule has 1 amide bonds. The van der Waals surface area contributed by atoms with Gasteiger partial charge in [0.2, 0.25) is 5.91 Å². The van der Waals surface area contributed by atoms with Gasteiger partial charge < -0.3 is 0 Å². The zero-order valence-electron chi connectivity index (χ0n) is 22.0. The number of carbonyl (C=O) groups is 2. The average molecular weight is 506 g/mol. The molecule has 0 radical (unpaired) electrons. The molecule has 0 atom stereocenters. The first-order valence-electron chi connectivity index (χ1n) is 12.1. The lowest BCUT2D eigenvalue weighted by Crippen LogP contribution is -2.62. The van der Waals surface area contributed by atoms with E-state index in [1.807, 2.05) is 33.0 Å². The molecule has 0 spiro atoms. The minimum absolute atomic E-state index is 0.112. The van der Waals surface area contributed by atoms with Crippen molar-refractivity contribution in [1.82, 2.24) is 29.7 Å². The second-order valence-corrected chi connectivity index (χ2v) is 10.6. The molecule has 0 saturated carbocycles. The molecule has 4 aromatic rings. The van der Waals surface area contributed by atoms with Gasteiger partial charge in [-0.3, -0.25) is 24.5 Å². The van der Waals surface area contributed by atoms with Crippen molar-refractivity contribution in [2.75, 3.05) is 25.0 Å². The third-order valence-corrected chi connectivity index (χ3v) is 6.67. The third-order valence-electron chi connectivity index (χ3n) is 6.67. The van der Waals surface area contributed by atoms with Crippen molar-refractivity contribution in [3.05, 3.63) is 65.9 Å². The van der Waals surface area contributed by atoms with Gasteiger partial charge in [-0.2, -0.15) is 10.2 Å². The molecule has 0 aliphatic carbocycles. The number of nitrogens with zero attached hydrogens (tertiary/aromatic N) is 6. The number of amides is 1. The van der Waals surface area contributed by atoms with E-state index in [0.717, 1.165) is 23.5 Å². The zero-order valence-corrected chi connectivity index (χ0v) is 22.0. The van der Waals surface area contributed by atoms with E-state index < -0.39 is 5.54 Å². The Balaban J connectivity index is 0.000000186. The van der Waals surface area contributed by atoms with Crippen molar-refractivity contribution >= 4 is 23.7 Å². The number of imidazole rings is 1. The maximum Gasteiger partial charge on any atom is 0.248 e. The molecule has 37 heavy (non-hydrogen) atoms. The fourth-order valence-corrected chi connectivity index (χ4v) is 4.12. The van der Waals surface area contributed by atoms with Gasteiger partial charge in [-0.1, -0.05) is 20.8 Å². The fraction of sp³-hybridized carbons (Fsp3) is 0.370. The van der Waals surface area contributed by atoms with Gasteiger partial charge in [-0.25, -0.2) is 13.9 Å². The number of carbonyl (C=O) groups excluding carboxylic acids is 2. The summed E-state index contributed by atoms with van der Waals surface area (Å²) in [5.74, 6) is 0.605. The highest BCUT2D eigenvalue weighted by Gasteiger charge is 2.40. The molecular weight excluding hydrogens is 473 g/mol. The number of aromatic nitrogens is 5. The summed E-state index contributed by atoms with van der Waals surface area (Å²) in [6, 6.07) is 9.95. The van der Waals surface area contributed by atoms with Crippen LogP contribution in [0.15, 0.2) is 48.8 Å². The number of aromatic amines is 1. The topological polar surface area (TPSA) is 99.5 Å². The zero-order chi connectivity index (χ0) is 27.0. The molecule has 1 fully saturated rings. The summed E-state index contributed by atoms with van der Waals surface area (Å²) in [4.78, 5) is 31.3. The molecule has 4 heterocycles. The van der Waals surface area contributed by atoms with Crippen LogP contribution >= 0.6 is 0 Å². The monoisotopic (exact) mass is 505 g/mol. The Morgan fingerprint density at radius 3 is 2.41 bits per heavy atom. The Morgan fingerprint density at radius 2 is 1.81 bits per heavy atom. The van der Waals surface area contributed by atoms with Crippen LogP contribution < -0.4 is 4.90 Å². The lowest BCUT2D eigenvalue weighted by atomic mass is 9.87. The Hall–Kier alpha value is -3.92. The minimum Gasteiger partial charge on any atom is -0.296 e. The van der Waals surface area contributed by atoms with Crippen LogP contribution in [-0.4, -0.2) is 67.6 Å². The van der Waals surface area contributed by atoms with Gasteiger partial charge in [-0.05, 0) is 56.6 Å². The van der Waals surface area contributed by atoms with E-state index in [9.17, 15) is 14.0 Å². The first-order valence-corrected chi connectivity index (χ1v) is 12.1. The van der Waals surface area contributed by atoms with Crippen molar-refractivity contribution < 1.29 is 14.0 Å². The summed E-state index contributed by atoms with van der Waals surface area (Å²) < 4.78 is 14.7. The predicted octanol–water partition coefficient (Wildman–Crippen LogP) is 4.11. The van der Waals surface area contributed by atoms with Crippen molar-refractivity contribution in [3.8, 4) is 11.3 Å². The van der Waals surface area contributed by atoms with Crippen LogP contribution in [0.5, 0.6) is 0 Å². The number of hydrogen-bond acceptors (Lipinski definition) is 6. The molecule has 5 rings (SSSR count). The van der Waals surface area contributed by atoms with Crippen LogP contribution in [0.2, 0.25) is 0 Å². The summed E-state index contributed by atoms with van der Waals surface area (Å²) in [7, 11) is 1.97. The van der Waals surface area contributed by atoms with E-state index in [4.69, 9.17) is 0 Å². The maximum absolute atomic E-state index is 13.1. The van der Waals surface area contributed by atoms with Crippen molar-refractivity contribution in [1.29, 1.82) is 0 Å². The third kappa shape index (κ3) is 5.29. The molecule has 0 unspecified atom stereocenters. The van der Waals surface area contributed by atoms with Gasteiger partial charge in [0.25, 0.3) is 0 Å². The Kier molecular flexibility index (Phi) is 6.96. The molecule has 194 valence electrons. The lowest BCUT2D eigenvalue weighted by Gasteiger charge is -2.43. The second kappa shape index (κ2) is 9.85. The van der Waals surface area contributed by atoms with Crippen molar-refractivity contribution in [2.24, 2.45) is 0 Å². The van der Waals surface area contributed by atoms with E-state index in [2.05, 4.69) is 46.0 Å². The number of benzene rings is 1. The van der Waals surface area contributed by atoms with Crippen LogP contribution in [0, 0.1) is 5.82 Å². The molecule has 10 heteroatoms. The number of fused-ring (bicyclic) bond motifs is 1. The van der Waals surface area contributed by atoms with Gasteiger partial charge in [0.15, 0.2) is 11.9 Å². The quantitative estimate of drug-likeness (QED) is 0.421. The predicted molar refractivity (Wildman–Crippen MR) is 140 cm³/mol. The smallest absolute Gasteiger partial charge is 0.248 e. The highest BCUT2D eigenvalue weighted by molar-refractivity contribution is 5.99. The van der Waals surface area contributed by atoms with Gasteiger partial charge in [-0.15, -0.1) is 0 Å². The lowest BCUT2D eigenvalue weighted by molar-refractivity contribution is -0.130. The second-order valence-electron chi connectivity index (χ2n) is 10.6. The maximum atomic E-state index is 13.1. The molecule has 3 aromatic heterocycles. The van der Waals surface area contributed by atoms with E-state index in [1.165, 1.54) is 12.1 Å². The minimum atomic E-state index is -0.441. The normalized spacial score (nSPS) is 16.0. The van der Waals surface area contributed by atoms with Crippen LogP contribution in [0.4, 0.5) is 10.2 Å². The van der Waals surface area contributed by atoms with Gasteiger partial charge in [0.05, 0.1) is 23.6 Å². The standard InChI is InChI=1S/C17H16FN3O.C10H16N4O/c1-17(2,3)14-8-15(11-4-6-12(18)7-5-11)20-21-9-13(10-22)19-16(14)21;1-10(2)9(15)14(7-6-13(10)3)8-4-5-11-12-8/h4-10H,1-3H3;4-5H,6-7H2,1-3H3,(H,11,12). The number of H-pyrrole nitrogens is 1. The number of piperazine rings is 1. The van der Waals surface area contributed by atoms with E-state index >= 15 is 0 Å². The van der Waals surface area contributed by atoms with Crippen molar-refractivity contribution in [3.63, 3.8) is 0 Å². The van der Waals surface area contributed by atoms with Crippen LogP contribution in [0.3, 0.4) is 0 Å².